The summed E-state index contributed by atoms with van der Waals surface area (Å²) in [4.78, 5) is 17.7. The van der Waals surface area contributed by atoms with E-state index < -0.39 is 30.4 Å². The molecule has 4 rings (SSSR count). The molecule has 0 aliphatic rings. The molecule has 224 valence electrons. The van der Waals surface area contributed by atoms with Gasteiger partial charge in [0.2, 0.25) is 17.7 Å². The average Bonchev–Trinajstić information content (AvgIpc) is 3.33. The summed E-state index contributed by atoms with van der Waals surface area (Å²) >= 11 is 4.43. The third-order valence-corrected chi connectivity index (χ3v) is 7.27. The Balaban J connectivity index is 1.53. The molecule has 0 spiro atoms. The third-order valence-electron chi connectivity index (χ3n) is 6.91. The number of aromatic amines is 1. The van der Waals surface area contributed by atoms with Gasteiger partial charge < -0.3 is 15.0 Å². The van der Waals surface area contributed by atoms with Gasteiger partial charge in [-0.05, 0) is 28.8 Å². The second kappa shape index (κ2) is 14.0. The van der Waals surface area contributed by atoms with Crippen LogP contribution in [0.2, 0.25) is 0 Å². The lowest BCUT2D eigenvalue weighted by molar-refractivity contribution is -0.139. The quantitative estimate of drug-likeness (QED) is 0.104. The van der Waals surface area contributed by atoms with Crippen molar-refractivity contribution in [1.82, 2.24) is 25.4 Å². The Morgan fingerprint density at radius 3 is 2.48 bits per heavy atom. The number of carbonyl (C=O) groups is 1. The Kier molecular flexibility index (Phi) is 10.4. The molecular weight excluding hydrogens is 570 g/mol. The molecule has 4 aromatic rings. The number of hydrogen-bond donors (Lipinski definition) is 3. The van der Waals surface area contributed by atoms with Gasteiger partial charge in [-0.2, -0.15) is 35.3 Å². The van der Waals surface area contributed by atoms with E-state index in [1.54, 1.807) is 74.8 Å². The largest absolute Gasteiger partial charge is 0.476 e. The number of thiol groups is 1. The van der Waals surface area contributed by atoms with Crippen molar-refractivity contribution in [2.45, 2.75) is 36.1 Å². The molecule has 0 saturated carbocycles. The molecule has 0 aliphatic carbocycles. The van der Waals surface area contributed by atoms with Crippen LogP contribution < -0.4 is 10.1 Å². The standard InChI is InChI=1S/C30H33F4N5O2S/c1-39(2)27(40)15-22(42)18-35-12-13-41-26-11-9-21(17-36-26)28(20-8-10-25-23(14-20)29(31)38-37-25)24(16-30(32,33)34)19-6-4-3-5-7-19/h3-11,14,17,22,24,28,35,42H,12-13,15-16,18H2,1-2H3,(H,37,38)/t22-,24?,28?/m1/s1. The van der Waals surface area contributed by atoms with Gasteiger partial charge in [0.25, 0.3) is 0 Å². The van der Waals surface area contributed by atoms with Gasteiger partial charge in [-0.15, -0.1) is 0 Å². The van der Waals surface area contributed by atoms with E-state index in [2.05, 4.69) is 33.1 Å². The molecule has 42 heavy (non-hydrogen) atoms. The van der Waals surface area contributed by atoms with E-state index in [0.717, 1.165) is 0 Å². The maximum atomic E-state index is 14.4. The average molecular weight is 604 g/mol. The highest BCUT2D eigenvalue weighted by molar-refractivity contribution is 7.81. The fraction of sp³-hybridized carbons (Fsp3) is 0.367. The van der Waals surface area contributed by atoms with Crippen LogP contribution in [0.4, 0.5) is 17.6 Å². The minimum absolute atomic E-state index is 0.00444. The van der Waals surface area contributed by atoms with E-state index in [1.165, 1.54) is 11.1 Å². The number of carbonyl (C=O) groups excluding carboxylic acids is 1. The first-order valence-corrected chi connectivity index (χ1v) is 14.0. The second-order valence-corrected chi connectivity index (χ2v) is 11.0. The first kappa shape index (κ1) is 31.3. The van der Waals surface area contributed by atoms with Gasteiger partial charge in [-0.3, -0.25) is 9.89 Å². The van der Waals surface area contributed by atoms with Crippen molar-refractivity contribution in [2.75, 3.05) is 33.8 Å². The van der Waals surface area contributed by atoms with Crippen molar-refractivity contribution in [2.24, 2.45) is 0 Å². The summed E-state index contributed by atoms with van der Waals surface area (Å²) in [5.74, 6) is -2.12. The first-order valence-electron chi connectivity index (χ1n) is 13.4. The minimum Gasteiger partial charge on any atom is -0.476 e. The molecule has 0 aliphatic heterocycles. The van der Waals surface area contributed by atoms with Crippen LogP contribution in [-0.2, 0) is 4.79 Å². The highest BCUT2D eigenvalue weighted by Crippen LogP contribution is 2.45. The molecule has 0 radical (unpaired) electrons. The first-order chi connectivity index (χ1) is 20.0. The number of alkyl halides is 3. The molecule has 3 atom stereocenters. The van der Waals surface area contributed by atoms with E-state index >= 15 is 0 Å². The summed E-state index contributed by atoms with van der Waals surface area (Å²) in [5.41, 5.74) is 1.93. The Morgan fingerprint density at radius 2 is 1.81 bits per heavy atom. The van der Waals surface area contributed by atoms with Crippen molar-refractivity contribution in [3.05, 3.63) is 89.5 Å². The lowest BCUT2D eigenvalue weighted by Crippen LogP contribution is -2.32. The number of ether oxygens (including phenoxy) is 1. The highest BCUT2D eigenvalue weighted by atomic mass is 32.1. The number of amides is 1. The summed E-state index contributed by atoms with van der Waals surface area (Å²) in [6.45, 7) is 1.29. The summed E-state index contributed by atoms with van der Waals surface area (Å²) in [6.07, 6.45) is -3.71. The van der Waals surface area contributed by atoms with E-state index in [1.807, 2.05) is 0 Å². The van der Waals surface area contributed by atoms with Gasteiger partial charge in [-0.1, -0.05) is 42.5 Å². The van der Waals surface area contributed by atoms with Gasteiger partial charge in [0.15, 0.2) is 0 Å². The number of pyridine rings is 1. The lowest BCUT2D eigenvalue weighted by atomic mass is 9.75. The Bertz CT molecular complexity index is 1450. The summed E-state index contributed by atoms with van der Waals surface area (Å²) < 4.78 is 61.9. The van der Waals surface area contributed by atoms with Crippen molar-refractivity contribution < 1.29 is 27.1 Å². The SMILES string of the molecule is CN(C)C(=O)C[C@@H](S)CNCCOc1ccc(C(c2ccc3n[nH]c(F)c3c2)C(CC(F)(F)F)c2ccccc2)cn1. The van der Waals surface area contributed by atoms with Gasteiger partial charge in [0, 0.05) is 63.0 Å². The maximum Gasteiger partial charge on any atom is 0.389 e. The molecule has 12 heteroatoms. The van der Waals surface area contributed by atoms with Crippen LogP contribution in [0, 0.1) is 5.95 Å². The van der Waals surface area contributed by atoms with Crippen molar-refractivity contribution in [3.8, 4) is 5.88 Å². The highest BCUT2D eigenvalue weighted by Gasteiger charge is 2.38. The molecule has 2 N–H and O–H groups in total. The fourth-order valence-electron chi connectivity index (χ4n) is 4.84. The zero-order chi connectivity index (χ0) is 30.3. The molecule has 0 saturated heterocycles. The van der Waals surface area contributed by atoms with E-state index in [-0.39, 0.29) is 23.2 Å². The summed E-state index contributed by atoms with van der Waals surface area (Å²) in [7, 11) is 3.39. The normalized spacial score (nSPS) is 14.0. The monoisotopic (exact) mass is 603 g/mol. The molecule has 2 aromatic carbocycles. The van der Waals surface area contributed by atoms with Gasteiger partial charge in [-0.25, -0.2) is 4.98 Å². The molecule has 1 amide bonds. The molecule has 2 aromatic heterocycles. The minimum atomic E-state index is -4.45. The summed E-state index contributed by atoms with van der Waals surface area (Å²) in [5, 5.41) is 9.42. The van der Waals surface area contributed by atoms with Gasteiger partial charge in [0.1, 0.15) is 6.61 Å². The number of nitrogens with one attached hydrogen (secondary N) is 2. The number of nitrogens with zero attached hydrogens (tertiary/aromatic N) is 3. The van der Waals surface area contributed by atoms with E-state index in [9.17, 15) is 22.4 Å². The zero-order valence-electron chi connectivity index (χ0n) is 23.2. The Morgan fingerprint density at radius 1 is 1.07 bits per heavy atom. The van der Waals surface area contributed by atoms with Gasteiger partial charge >= 0.3 is 6.18 Å². The van der Waals surface area contributed by atoms with Crippen molar-refractivity contribution in [1.29, 1.82) is 0 Å². The van der Waals surface area contributed by atoms with E-state index in [0.29, 0.717) is 47.6 Å². The molecule has 7 nitrogen and oxygen atoms in total. The van der Waals surface area contributed by atoms with Crippen LogP contribution in [-0.4, -0.2) is 71.2 Å². The molecule has 0 bridgehead atoms. The molecule has 2 unspecified atom stereocenters. The number of rotatable bonds is 13. The van der Waals surface area contributed by atoms with E-state index in [4.69, 9.17) is 4.74 Å². The number of aromatic nitrogens is 3. The predicted molar refractivity (Wildman–Crippen MR) is 156 cm³/mol. The maximum absolute atomic E-state index is 14.4. The lowest BCUT2D eigenvalue weighted by Gasteiger charge is -2.29. The molecule has 0 fully saturated rings. The number of H-pyrrole nitrogens is 1. The van der Waals surface area contributed by atoms with Crippen molar-refractivity contribution >= 4 is 29.4 Å². The Labute approximate surface area is 247 Å². The Hall–Kier alpha value is -3.64. The van der Waals surface area contributed by atoms with Crippen LogP contribution in [0.15, 0.2) is 66.9 Å². The smallest absolute Gasteiger partial charge is 0.389 e. The predicted octanol–water partition coefficient (Wildman–Crippen LogP) is 5.71. The number of hydrogen-bond acceptors (Lipinski definition) is 6. The van der Waals surface area contributed by atoms with Crippen LogP contribution in [0.3, 0.4) is 0 Å². The fourth-order valence-corrected chi connectivity index (χ4v) is 5.12. The zero-order valence-corrected chi connectivity index (χ0v) is 24.1. The van der Waals surface area contributed by atoms with Gasteiger partial charge in [0.05, 0.1) is 17.3 Å². The number of benzene rings is 2. The third kappa shape index (κ3) is 8.45. The van der Waals surface area contributed by atoms with Crippen LogP contribution in [0.1, 0.15) is 41.4 Å². The van der Waals surface area contributed by atoms with Crippen LogP contribution >= 0.6 is 12.6 Å². The summed E-state index contributed by atoms with van der Waals surface area (Å²) in [6, 6.07) is 16.6. The number of fused-ring (bicyclic) bond motifs is 1. The molecule has 2 heterocycles. The molecular formula is C30H33F4N5O2S. The van der Waals surface area contributed by atoms with Crippen LogP contribution in [0.5, 0.6) is 5.88 Å². The topological polar surface area (TPSA) is 83.1 Å². The second-order valence-electron chi connectivity index (χ2n) is 10.3. The van der Waals surface area contributed by atoms with Crippen molar-refractivity contribution in [3.63, 3.8) is 0 Å². The number of halogens is 4. The van der Waals surface area contributed by atoms with Crippen LogP contribution in [0.25, 0.3) is 10.9 Å².